The molecule has 1 atom stereocenters. The van der Waals surface area contributed by atoms with Gasteiger partial charge in [-0.1, -0.05) is 46.3 Å². The second-order valence-electron chi connectivity index (χ2n) is 4.55. The van der Waals surface area contributed by atoms with Gasteiger partial charge < -0.3 is 10.5 Å². The second kappa shape index (κ2) is 4.84. The van der Waals surface area contributed by atoms with Gasteiger partial charge in [0, 0.05) is 4.47 Å². The lowest BCUT2D eigenvalue weighted by molar-refractivity contribution is 0.134. The minimum atomic E-state index is -0.0796. The number of fused-ring (bicyclic) bond motifs is 1. The molecule has 1 unspecified atom stereocenters. The van der Waals surface area contributed by atoms with Crippen LogP contribution in [-0.2, 0) is 18.0 Å². The predicted octanol–water partition coefficient (Wildman–Crippen LogP) is 3.53. The van der Waals surface area contributed by atoms with Gasteiger partial charge in [-0.25, -0.2) is 0 Å². The molecule has 1 aliphatic rings. The molecule has 0 radical (unpaired) electrons. The summed E-state index contributed by atoms with van der Waals surface area (Å²) >= 11 is 3.43. The van der Waals surface area contributed by atoms with Gasteiger partial charge in [0.2, 0.25) is 0 Å². The molecule has 2 N–H and O–H groups in total. The molecule has 0 bridgehead atoms. The summed E-state index contributed by atoms with van der Waals surface area (Å²) in [4.78, 5) is 0. The van der Waals surface area contributed by atoms with Crippen molar-refractivity contribution in [2.45, 2.75) is 19.3 Å². The maximum absolute atomic E-state index is 6.30. The first-order valence-electron chi connectivity index (χ1n) is 5.94. The third kappa shape index (κ3) is 2.21. The highest BCUT2D eigenvalue weighted by Crippen LogP contribution is 2.26. The van der Waals surface area contributed by atoms with Crippen LogP contribution in [0.2, 0.25) is 0 Å². The van der Waals surface area contributed by atoms with Crippen molar-refractivity contribution in [1.29, 1.82) is 0 Å². The van der Waals surface area contributed by atoms with Gasteiger partial charge in [0.15, 0.2) is 0 Å². The van der Waals surface area contributed by atoms with E-state index in [1.165, 1.54) is 11.1 Å². The predicted molar refractivity (Wildman–Crippen MR) is 75.1 cm³/mol. The Labute approximate surface area is 115 Å². The molecule has 0 fully saturated rings. The van der Waals surface area contributed by atoms with Crippen LogP contribution in [-0.4, -0.2) is 0 Å². The molecular weight excluding hydrogens is 290 g/mol. The van der Waals surface area contributed by atoms with E-state index in [4.69, 9.17) is 10.5 Å². The van der Waals surface area contributed by atoms with E-state index in [1.54, 1.807) is 0 Å². The minimum Gasteiger partial charge on any atom is -0.372 e. The first-order valence-corrected chi connectivity index (χ1v) is 6.74. The molecule has 3 heteroatoms. The number of ether oxygens (including phenoxy) is 1. The van der Waals surface area contributed by atoms with E-state index in [0.717, 1.165) is 22.2 Å². The lowest BCUT2D eigenvalue weighted by Gasteiger charge is -2.13. The number of hydrogen-bond acceptors (Lipinski definition) is 2. The monoisotopic (exact) mass is 303 g/mol. The summed E-state index contributed by atoms with van der Waals surface area (Å²) in [5, 5.41) is 0. The molecule has 2 aromatic rings. The highest BCUT2D eigenvalue weighted by molar-refractivity contribution is 9.10. The summed E-state index contributed by atoms with van der Waals surface area (Å²) < 4.78 is 6.49. The van der Waals surface area contributed by atoms with Gasteiger partial charge in [-0.15, -0.1) is 0 Å². The van der Waals surface area contributed by atoms with Crippen molar-refractivity contribution in [1.82, 2.24) is 0 Å². The van der Waals surface area contributed by atoms with E-state index >= 15 is 0 Å². The normalized spacial score (nSPS) is 15.4. The lowest BCUT2D eigenvalue weighted by atomic mass is 9.96. The fourth-order valence-electron chi connectivity index (χ4n) is 2.25. The Bertz CT molecular complexity index is 565. The molecule has 0 aromatic heterocycles. The number of rotatable bonds is 2. The third-order valence-corrected chi connectivity index (χ3v) is 3.86. The molecule has 0 saturated heterocycles. The van der Waals surface area contributed by atoms with Crippen LogP contribution in [0.15, 0.2) is 46.9 Å². The van der Waals surface area contributed by atoms with Gasteiger partial charge in [-0.05, 0) is 34.4 Å². The first-order chi connectivity index (χ1) is 8.74. The van der Waals surface area contributed by atoms with Crippen LogP contribution in [0.1, 0.15) is 28.3 Å². The maximum atomic E-state index is 6.30. The number of nitrogens with two attached hydrogens (primary N) is 1. The fourth-order valence-corrected chi connectivity index (χ4v) is 2.51. The average Bonchev–Trinajstić information content (AvgIpc) is 2.86. The largest absolute Gasteiger partial charge is 0.372 e. The Hall–Kier alpha value is -1.16. The topological polar surface area (TPSA) is 35.2 Å². The van der Waals surface area contributed by atoms with Gasteiger partial charge in [-0.3, -0.25) is 0 Å². The fraction of sp³-hybridized carbons (Fsp3) is 0.200. The van der Waals surface area contributed by atoms with Crippen molar-refractivity contribution in [2.75, 3.05) is 0 Å². The van der Waals surface area contributed by atoms with Crippen LogP contribution in [0, 0.1) is 0 Å². The van der Waals surface area contributed by atoms with E-state index in [9.17, 15) is 0 Å². The Balaban J connectivity index is 1.92. The Morgan fingerprint density at radius 1 is 0.944 bits per heavy atom. The summed E-state index contributed by atoms with van der Waals surface area (Å²) in [5.41, 5.74) is 11.1. The minimum absolute atomic E-state index is 0.0796. The molecule has 92 valence electrons. The van der Waals surface area contributed by atoms with Crippen LogP contribution in [0.4, 0.5) is 0 Å². The molecular formula is C15H14BrNO. The van der Waals surface area contributed by atoms with Gasteiger partial charge in [0.1, 0.15) is 0 Å². The van der Waals surface area contributed by atoms with Crippen molar-refractivity contribution >= 4 is 15.9 Å². The van der Waals surface area contributed by atoms with Crippen molar-refractivity contribution in [3.63, 3.8) is 0 Å². The summed E-state index contributed by atoms with van der Waals surface area (Å²) in [6, 6.07) is 14.4. The van der Waals surface area contributed by atoms with E-state index in [1.807, 2.05) is 12.1 Å². The van der Waals surface area contributed by atoms with Gasteiger partial charge in [0.25, 0.3) is 0 Å². The van der Waals surface area contributed by atoms with Crippen LogP contribution < -0.4 is 5.73 Å². The highest BCUT2D eigenvalue weighted by atomic mass is 79.9. The van der Waals surface area contributed by atoms with Crippen molar-refractivity contribution in [3.05, 3.63) is 69.2 Å². The molecule has 1 heterocycles. The molecule has 1 aliphatic heterocycles. The molecule has 0 saturated carbocycles. The second-order valence-corrected chi connectivity index (χ2v) is 5.47. The van der Waals surface area contributed by atoms with Gasteiger partial charge in [-0.2, -0.15) is 0 Å². The van der Waals surface area contributed by atoms with Gasteiger partial charge >= 0.3 is 0 Å². The summed E-state index contributed by atoms with van der Waals surface area (Å²) in [6.45, 7) is 1.43. The van der Waals surface area contributed by atoms with E-state index in [2.05, 4.69) is 46.3 Å². The Morgan fingerprint density at radius 2 is 1.61 bits per heavy atom. The molecule has 0 aliphatic carbocycles. The first kappa shape index (κ1) is 11.9. The molecule has 18 heavy (non-hydrogen) atoms. The molecule has 2 nitrogen and oxygen atoms in total. The molecule has 0 amide bonds. The summed E-state index contributed by atoms with van der Waals surface area (Å²) in [7, 11) is 0. The third-order valence-electron chi connectivity index (χ3n) is 3.33. The SMILES string of the molecule is NC(c1ccc(Br)cc1)c1ccc2c(c1)COC2. The summed E-state index contributed by atoms with van der Waals surface area (Å²) in [6.07, 6.45) is 0. The zero-order valence-electron chi connectivity index (χ0n) is 9.90. The van der Waals surface area contributed by atoms with Crippen molar-refractivity contribution in [2.24, 2.45) is 5.73 Å². The van der Waals surface area contributed by atoms with E-state index < -0.39 is 0 Å². The van der Waals surface area contributed by atoms with E-state index in [0.29, 0.717) is 6.61 Å². The van der Waals surface area contributed by atoms with Crippen molar-refractivity contribution < 1.29 is 4.74 Å². The Morgan fingerprint density at radius 3 is 2.39 bits per heavy atom. The highest BCUT2D eigenvalue weighted by Gasteiger charge is 2.15. The summed E-state index contributed by atoms with van der Waals surface area (Å²) in [5.74, 6) is 0. The quantitative estimate of drug-likeness (QED) is 0.921. The lowest BCUT2D eigenvalue weighted by Crippen LogP contribution is -2.12. The van der Waals surface area contributed by atoms with Crippen molar-refractivity contribution in [3.8, 4) is 0 Å². The standard InChI is InChI=1S/C15H14BrNO/c16-14-5-3-10(4-6-14)15(17)11-1-2-12-8-18-9-13(12)7-11/h1-7,15H,8-9,17H2. The Kier molecular flexibility index (Phi) is 3.20. The molecule has 3 rings (SSSR count). The van der Waals surface area contributed by atoms with Crippen LogP contribution in [0.25, 0.3) is 0 Å². The van der Waals surface area contributed by atoms with Crippen LogP contribution in [0.5, 0.6) is 0 Å². The number of hydrogen-bond donors (Lipinski definition) is 1. The average molecular weight is 304 g/mol. The number of halogens is 1. The zero-order valence-corrected chi connectivity index (χ0v) is 11.5. The smallest absolute Gasteiger partial charge is 0.0725 e. The zero-order chi connectivity index (χ0) is 12.5. The maximum Gasteiger partial charge on any atom is 0.0725 e. The molecule has 0 spiro atoms. The van der Waals surface area contributed by atoms with Crippen LogP contribution >= 0.6 is 15.9 Å². The van der Waals surface area contributed by atoms with Crippen LogP contribution in [0.3, 0.4) is 0 Å². The van der Waals surface area contributed by atoms with E-state index in [-0.39, 0.29) is 6.04 Å². The number of benzene rings is 2. The molecule has 2 aromatic carbocycles. The van der Waals surface area contributed by atoms with Gasteiger partial charge in [0.05, 0.1) is 19.3 Å².